The molecule has 124 valence electrons. The van der Waals surface area contributed by atoms with Gasteiger partial charge in [0.25, 0.3) is 5.69 Å². The van der Waals surface area contributed by atoms with Gasteiger partial charge in [-0.1, -0.05) is 12.1 Å². The number of hydrogen-bond donors (Lipinski definition) is 0. The summed E-state index contributed by atoms with van der Waals surface area (Å²) in [5.74, 6) is -0.133. The van der Waals surface area contributed by atoms with Crippen LogP contribution < -0.4 is 0 Å². The van der Waals surface area contributed by atoms with Crippen LogP contribution in [0.15, 0.2) is 52.5 Å². The molecule has 1 aromatic heterocycles. The fourth-order valence-electron chi connectivity index (χ4n) is 2.20. The molecule has 0 spiro atoms. The highest BCUT2D eigenvalue weighted by atomic mass is 32.2. The Morgan fingerprint density at radius 3 is 2.72 bits per heavy atom. The zero-order valence-corrected chi connectivity index (χ0v) is 13.7. The summed E-state index contributed by atoms with van der Waals surface area (Å²) < 4.78 is 15.5. The van der Waals surface area contributed by atoms with Gasteiger partial charge in [-0.05, 0) is 36.0 Å². The van der Waals surface area contributed by atoms with Crippen molar-refractivity contribution in [1.29, 1.82) is 5.26 Å². The first kappa shape index (κ1) is 16.6. The topological polar surface area (TPSA) is 97.6 Å². The van der Waals surface area contributed by atoms with Crippen molar-refractivity contribution in [1.82, 2.24) is 14.8 Å². The highest BCUT2D eigenvalue weighted by Crippen LogP contribution is 2.35. The van der Waals surface area contributed by atoms with Crippen LogP contribution >= 0.6 is 11.8 Å². The summed E-state index contributed by atoms with van der Waals surface area (Å²) in [6.45, 7) is 0. The minimum atomic E-state index is -0.530. The monoisotopic (exact) mass is 355 g/mol. The second-order valence-electron chi connectivity index (χ2n) is 5.00. The van der Waals surface area contributed by atoms with Gasteiger partial charge in [0, 0.05) is 13.1 Å². The molecule has 0 amide bonds. The summed E-state index contributed by atoms with van der Waals surface area (Å²) in [5, 5.41) is 28.5. The highest BCUT2D eigenvalue weighted by molar-refractivity contribution is 7.99. The molecule has 0 fully saturated rings. The molecule has 3 rings (SSSR count). The molecule has 1 heterocycles. The standard InChI is InChI=1S/C16H10FN5O2S/c1-21-15(11-4-2-3-5-12(11)17)19-20-16(21)25-14-8-10(9-18)6-7-13(14)22(23)24/h2-8H,1H3. The molecule has 0 aliphatic carbocycles. The minimum absolute atomic E-state index is 0.139. The molecule has 0 bridgehead atoms. The Hall–Kier alpha value is -3.25. The summed E-state index contributed by atoms with van der Waals surface area (Å²) in [5.41, 5.74) is 0.439. The molecular formula is C16H10FN5O2S. The number of nitro benzene ring substituents is 1. The molecule has 0 atom stereocenters. The van der Waals surface area contributed by atoms with Crippen LogP contribution in [0.4, 0.5) is 10.1 Å². The molecule has 0 aliphatic heterocycles. The van der Waals surface area contributed by atoms with Crippen LogP contribution in [-0.4, -0.2) is 19.7 Å². The number of nitriles is 1. The molecular weight excluding hydrogens is 345 g/mol. The Balaban J connectivity index is 2.02. The third-order valence-electron chi connectivity index (χ3n) is 3.44. The molecule has 9 heteroatoms. The van der Waals surface area contributed by atoms with Gasteiger partial charge in [0.1, 0.15) is 5.82 Å². The summed E-state index contributed by atoms with van der Waals surface area (Å²) in [4.78, 5) is 10.9. The molecule has 7 nitrogen and oxygen atoms in total. The number of nitro groups is 1. The van der Waals surface area contributed by atoms with Crippen molar-refractivity contribution in [2.45, 2.75) is 10.1 Å². The van der Waals surface area contributed by atoms with Crippen molar-refractivity contribution >= 4 is 17.4 Å². The largest absolute Gasteiger partial charge is 0.305 e. The predicted octanol–water partition coefficient (Wildman–Crippen LogP) is 3.55. The summed E-state index contributed by atoms with van der Waals surface area (Å²) >= 11 is 0.994. The van der Waals surface area contributed by atoms with Gasteiger partial charge in [-0.25, -0.2) is 4.39 Å². The van der Waals surface area contributed by atoms with E-state index in [2.05, 4.69) is 10.2 Å². The van der Waals surface area contributed by atoms with Crippen molar-refractivity contribution < 1.29 is 9.31 Å². The zero-order valence-electron chi connectivity index (χ0n) is 12.9. The van der Waals surface area contributed by atoms with Gasteiger partial charge in [0.15, 0.2) is 11.0 Å². The van der Waals surface area contributed by atoms with Crippen LogP contribution in [0, 0.1) is 27.3 Å². The molecule has 0 saturated heterocycles. The third-order valence-corrected chi connectivity index (χ3v) is 4.52. The van der Waals surface area contributed by atoms with Crippen LogP contribution in [0.2, 0.25) is 0 Å². The van der Waals surface area contributed by atoms with E-state index in [4.69, 9.17) is 5.26 Å². The van der Waals surface area contributed by atoms with Crippen LogP contribution in [0.1, 0.15) is 5.56 Å². The number of halogens is 1. The predicted molar refractivity (Wildman–Crippen MR) is 88.3 cm³/mol. The maximum absolute atomic E-state index is 13.9. The van der Waals surface area contributed by atoms with Crippen LogP contribution in [0.25, 0.3) is 11.4 Å². The van der Waals surface area contributed by atoms with Crippen LogP contribution in [0.3, 0.4) is 0 Å². The minimum Gasteiger partial charge on any atom is -0.305 e. The molecule has 2 aromatic carbocycles. The van der Waals surface area contributed by atoms with E-state index in [1.54, 1.807) is 29.8 Å². The highest BCUT2D eigenvalue weighted by Gasteiger charge is 2.20. The molecule has 25 heavy (non-hydrogen) atoms. The maximum atomic E-state index is 13.9. The summed E-state index contributed by atoms with van der Waals surface area (Å²) in [6, 6.07) is 12.2. The van der Waals surface area contributed by atoms with Crippen LogP contribution in [0.5, 0.6) is 0 Å². The summed E-state index contributed by atoms with van der Waals surface area (Å²) in [6.07, 6.45) is 0. The van der Waals surface area contributed by atoms with E-state index in [1.165, 1.54) is 24.3 Å². The Morgan fingerprint density at radius 2 is 2.04 bits per heavy atom. The van der Waals surface area contributed by atoms with Crippen molar-refractivity contribution in [3.63, 3.8) is 0 Å². The fourth-order valence-corrected chi connectivity index (χ4v) is 3.13. The second kappa shape index (κ2) is 6.70. The summed E-state index contributed by atoms with van der Waals surface area (Å²) in [7, 11) is 1.64. The second-order valence-corrected chi connectivity index (χ2v) is 6.01. The Morgan fingerprint density at radius 1 is 1.28 bits per heavy atom. The average molecular weight is 355 g/mol. The van der Waals surface area contributed by atoms with E-state index >= 15 is 0 Å². The first-order chi connectivity index (χ1) is 12.0. The van der Waals surface area contributed by atoms with Crippen molar-refractivity contribution in [2.24, 2.45) is 7.05 Å². The first-order valence-electron chi connectivity index (χ1n) is 7.02. The van der Waals surface area contributed by atoms with Gasteiger partial charge in [0.2, 0.25) is 0 Å². The van der Waals surface area contributed by atoms with E-state index in [-0.39, 0.29) is 16.1 Å². The van der Waals surface area contributed by atoms with E-state index < -0.39 is 10.7 Å². The lowest BCUT2D eigenvalue weighted by Gasteiger charge is -2.05. The lowest BCUT2D eigenvalue weighted by atomic mass is 10.2. The Labute approximate surface area is 145 Å². The number of nitrogens with zero attached hydrogens (tertiary/aromatic N) is 5. The molecule has 0 radical (unpaired) electrons. The molecule has 0 N–H and O–H groups in total. The Bertz CT molecular complexity index is 1010. The van der Waals surface area contributed by atoms with Gasteiger partial charge in [-0.2, -0.15) is 5.26 Å². The SMILES string of the molecule is Cn1c(Sc2cc(C#N)ccc2[N+](=O)[O-])nnc1-c1ccccc1F. The lowest BCUT2D eigenvalue weighted by molar-refractivity contribution is -0.387. The van der Waals surface area contributed by atoms with E-state index in [9.17, 15) is 14.5 Å². The van der Waals surface area contributed by atoms with Crippen molar-refractivity contribution in [3.8, 4) is 17.5 Å². The van der Waals surface area contributed by atoms with E-state index in [0.717, 1.165) is 11.8 Å². The smallest absolute Gasteiger partial charge is 0.283 e. The van der Waals surface area contributed by atoms with Gasteiger partial charge in [-0.15, -0.1) is 10.2 Å². The quantitative estimate of drug-likeness (QED) is 0.524. The molecule has 0 unspecified atom stereocenters. The molecule has 0 aliphatic rings. The van der Waals surface area contributed by atoms with Gasteiger partial charge >= 0.3 is 0 Å². The first-order valence-corrected chi connectivity index (χ1v) is 7.83. The average Bonchev–Trinajstić information content (AvgIpc) is 2.95. The van der Waals surface area contributed by atoms with Crippen molar-refractivity contribution in [2.75, 3.05) is 0 Å². The number of benzene rings is 2. The maximum Gasteiger partial charge on any atom is 0.283 e. The molecule has 0 saturated carbocycles. The van der Waals surface area contributed by atoms with Gasteiger partial charge in [-0.3, -0.25) is 10.1 Å². The third kappa shape index (κ3) is 3.20. The number of aromatic nitrogens is 3. The zero-order chi connectivity index (χ0) is 18.0. The van der Waals surface area contributed by atoms with Gasteiger partial charge < -0.3 is 4.57 Å². The van der Waals surface area contributed by atoms with E-state index in [1.807, 2.05) is 6.07 Å². The number of rotatable bonds is 4. The van der Waals surface area contributed by atoms with E-state index in [0.29, 0.717) is 16.5 Å². The normalized spacial score (nSPS) is 10.4. The van der Waals surface area contributed by atoms with Gasteiger partial charge in [0.05, 0.1) is 27.0 Å². The molecule has 3 aromatic rings. The fraction of sp³-hybridized carbons (Fsp3) is 0.0625. The van der Waals surface area contributed by atoms with Crippen LogP contribution in [-0.2, 0) is 7.05 Å². The van der Waals surface area contributed by atoms with Crippen molar-refractivity contribution in [3.05, 3.63) is 64.0 Å². The Kier molecular flexibility index (Phi) is 4.45. The number of hydrogen-bond acceptors (Lipinski definition) is 6. The lowest BCUT2D eigenvalue weighted by Crippen LogP contribution is -1.97.